The molecule has 0 aromatic heterocycles. The van der Waals surface area contributed by atoms with Gasteiger partial charge in [-0.25, -0.2) is 0 Å². The molecule has 112 valence electrons. The topological polar surface area (TPSA) is 6.48 Å². The highest BCUT2D eigenvalue weighted by molar-refractivity contribution is 5.56. The van der Waals surface area contributed by atoms with Gasteiger partial charge in [-0.1, -0.05) is 43.2 Å². The minimum atomic E-state index is -1.33. The van der Waals surface area contributed by atoms with E-state index in [1.54, 1.807) is 6.08 Å². The monoisotopic (exact) mass is 284 g/mol. The summed E-state index contributed by atoms with van der Waals surface area (Å²) in [5, 5.41) is 0. The highest BCUT2D eigenvalue weighted by atomic mass is 15.5. The van der Waals surface area contributed by atoms with Crippen LogP contribution in [0.5, 0.6) is 0 Å². The van der Waals surface area contributed by atoms with Gasteiger partial charge in [-0.2, -0.15) is 0 Å². The van der Waals surface area contributed by atoms with Gasteiger partial charge in [0.1, 0.15) is 0 Å². The Kier molecular flexibility index (Phi) is 2.78. The second-order valence-corrected chi connectivity index (χ2v) is 6.78. The van der Waals surface area contributed by atoms with Crippen molar-refractivity contribution in [3.05, 3.63) is 42.0 Å². The smallest absolute Gasteiger partial charge is 0.0861 e. The predicted octanol–water partition coefficient (Wildman–Crippen LogP) is 3.96. The van der Waals surface area contributed by atoms with Crippen molar-refractivity contribution in [2.24, 2.45) is 5.92 Å². The SMILES string of the molecule is [2H]C1([2H])C=CC2[C@H](C)N(c3ccccc3C)C(C3CCCC3)N21. The highest BCUT2D eigenvalue weighted by Gasteiger charge is 2.48. The number of aryl methyl sites for hydroxylation is 1. The molecule has 21 heavy (non-hydrogen) atoms. The van der Waals surface area contributed by atoms with Crippen LogP contribution >= 0.6 is 0 Å². The van der Waals surface area contributed by atoms with Crippen LogP contribution in [-0.2, 0) is 0 Å². The number of para-hydroxylation sites is 1. The molecule has 1 aromatic rings. The fourth-order valence-corrected chi connectivity index (χ4v) is 4.52. The largest absolute Gasteiger partial charge is 0.351 e. The second kappa shape index (κ2) is 5.17. The van der Waals surface area contributed by atoms with Crippen LogP contribution in [0.1, 0.15) is 40.9 Å². The predicted molar refractivity (Wildman–Crippen MR) is 88.5 cm³/mol. The average Bonchev–Trinajstić information content (AvgIpc) is 3.19. The van der Waals surface area contributed by atoms with Gasteiger partial charge in [-0.15, -0.1) is 0 Å². The van der Waals surface area contributed by atoms with Crippen molar-refractivity contribution < 1.29 is 2.74 Å². The summed E-state index contributed by atoms with van der Waals surface area (Å²) >= 11 is 0. The number of hydrogen-bond acceptors (Lipinski definition) is 2. The van der Waals surface area contributed by atoms with E-state index in [2.05, 4.69) is 54.0 Å². The second-order valence-electron chi connectivity index (χ2n) is 6.78. The molecule has 0 amide bonds. The van der Waals surface area contributed by atoms with Crippen LogP contribution in [0.2, 0.25) is 0 Å². The molecule has 3 aliphatic rings. The Morgan fingerprint density at radius 2 is 1.95 bits per heavy atom. The minimum Gasteiger partial charge on any atom is -0.351 e. The van der Waals surface area contributed by atoms with Crippen LogP contribution in [0, 0.1) is 12.8 Å². The van der Waals surface area contributed by atoms with Gasteiger partial charge < -0.3 is 4.90 Å². The van der Waals surface area contributed by atoms with Crippen LogP contribution < -0.4 is 4.90 Å². The van der Waals surface area contributed by atoms with E-state index in [0.717, 1.165) is 0 Å². The Hall–Kier alpha value is -1.28. The molecule has 2 unspecified atom stereocenters. The molecule has 1 aromatic carbocycles. The molecule has 2 heterocycles. The normalized spacial score (nSPS) is 36.9. The molecule has 2 heteroatoms. The lowest BCUT2D eigenvalue weighted by atomic mass is 10.0. The first-order valence-corrected chi connectivity index (χ1v) is 8.32. The maximum atomic E-state index is 8.48. The van der Waals surface area contributed by atoms with Crippen LogP contribution in [-0.4, -0.2) is 29.6 Å². The molecule has 2 fully saturated rings. The first-order chi connectivity index (χ1) is 11.0. The summed E-state index contributed by atoms with van der Waals surface area (Å²) in [6.45, 7) is 3.09. The van der Waals surface area contributed by atoms with Gasteiger partial charge in [-0.05, 0) is 44.2 Å². The third-order valence-corrected chi connectivity index (χ3v) is 5.56. The summed E-state index contributed by atoms with van der Waals surface area (Å²) in [5.41, 5.74) is 2.56. The fourth-order valence-electron chi connectivity index (χ4n) is 4.52. The summed E-state index contributed by atoms with van der Waals surface area (Å²) in [5.74, 6) is 0.567. The Balaban J connectivity index is 1.80. The lowest BCUT2D eigenvalue weighted by Crippen LogP contribution is -2.45. The average molecular weight is 284 g/mol. The van der Waals surface area contributed by atoms with Gasteiger partial charge in [0.25, 0.3) is 0 Å². The quantitative estimate of drug-likeness (QED) is 0.759. The number of fused-ring (bicyclic) bond motifs is 1. The van der Waals surface area contributed by atoms with Crippen LogP contribution in [0.4, 0.5) is 5.69 Å². The van der Waals surface area contributed by atoms with E-state index < -0.39 is 6.50 Å². The number of rotatable bonds is 2. The van der Waals surface area contributed by atoms with Gasteiger partial charge in [0, 0.05) is 21.0 Å². The molecule has 2 aliphatic heterocycles. The van der Waals surface area contributed by atoms with E-state index in [4.69, 9.17) is 2.74 Å². The molecular weight excluding hydrogens is 256 g/mol. The van der Waals surface area contributed by atoms with E-state index >= 15 is 0 Å². The van der Waals surface area contributed by atoms with Gasteiger partial charge in [0.05, 0.1) is 12.2 Å². The van der Waals surface area contributed by atoms with E-state index in [1.807, 2.05) is 0 Å². The maximum absolute atomic E-state index is 8.48. The molecular formula is C19H26N2. The van der Waals surface area contributed by atoms with Crippen LogP contribution in [0.25, 0.3) is 0 Å². The molecule has 1 saturated carbocycles. The molecule has 4 rings (SSSR count). The molecule has 0 bridgehead atoms. The van der Waals surface area contributed by atoms with E-state index in [0.29, 0.717) is 12.0 Å². The zero-order valence-electron chi connectivity index (χ0n) is 15.0. The van der Waals surface area contributed by atoms with Gasteiger partial charge in [0.15, 0.2) is 0 Å². The summed E-state index contributed by atoms with van der Waals surface area (Å²) in [6.07, 6.45) is 9.04. The summed E-state index contributed by atoms with van der Waals surface area (Å²) < 4.78 is 17.0. The fraction of sp³-hybridized carbons (Fsp3) is 0.579. The molecule has 0 radical (unpaired) electrons. The van der Waals surface area contributed by atoms with Crippen LogP contribution in [0.15, 0.2) is 36.4 Å². The standard InChI is InChI=1S/C19H26N2/c1-14-8-3-6-11-17(14)21-15(2)18-12-7-13-20(18)19(21)16-9-4-5-10-16/h3,6-8,11-12,15-16,18-19H,4-5,9-10,13H2,1-2H3/t15-,18?,19?/m0/s1/i13D2. The Bertz CT molecular complexity index is 622. The first-order valence-electron chi connectivity index (χ1n) is 9.32. The highest BCUT2D eigenvalue weighted by Crippen LogP contribution is 2.43. The summed E-state index contributed by atoms with van der Waals surface area (Å²) in [7, 11) is 0. The molecule has 3 atom stereocenters. The van der Waals surface area contributed by atoms with Crippen molar-refractivity contribution in [1.82, 2.24) is 4.90 Å². The minimum absolute atomic E-state index is 0.170. The maximum Gasteiger partial charge on any atom is 0.0861 e. The summed E-state index contributed by atoms with van der Waals surface area (Å²) in [4.78, 5) is 4.65. The van der Waals surface area contributed by atoms with E-state index in [1.165, 1.54) is 36.9 Å². The van der Waals surface area contributed by atoms with Gasteiger partial charge in [-0.3, -0.25) is 4.90 Å². The number of anilines is 1. The Morgan fingerprint density at radius 1 is 1.19 bits per heavy atom. The number of hydrogen-bond donors (Lipinski definition) is 0. The van der Waals surface area contributed by atoms with E-state index in [-0.39, 0.29) is 12.2 Å². The van der Waals surface area contributed by atoms with Crippen molar-refractivity contribution in [3.8, 4) is 0 Å². The van der Waals surface area contributed by atoms with Gasteiger partial charge in [0.2, 0.25) is 0 Å². The first kappa shape index (κ1) is 11.3. The van der Waals surface area contributed by atoms with Crippen molar-refractivity contribution in [2.45, 2.75) is 57.8 Å². The Labute approximate surface area is 131 Å². The third-order valence-electron chi connectivity index (χ3n) is 5.56. The number of nitrogens with zero attached hydrogens (tertiary/aromatic N) is 2. The Morgan fingerprint density at radius 3 is 2.71 bits per heavy atom. The van der Waals surface area contributed by atoms with E-state index in [9.17, 15) is 0 Å². The molecule has 1 aliphatic carbocycles. The summed E-state index contributed by atoms with van der Waals surface area (Å²) in [6, 6.07) is 9.04. The van der Waals surface area contributed by atoms with Crippen molar-refractivity contribution in [3.63, 3.8) is 0 Å². The number of benzene rings is 1. The lowest BCUT2D eigenvalue weighted by molar-refractivity contribution is 0.194. The van der Waals surface area contributed by atoms with Crippen molar-refractivity contribution in [1.29, 1.82) is 0 Å². The third kappa shape index (κ3) is 2.03. The zero-order valence-corrected chi connectivity index (χ0v) is 13.0. The zero-order chi connectivity index (χ0) is 16.2. The molecule has 1 saturated heterocycles. The van der Waals surface area contributed by atoms with Gasteiger partial charge >= 0.3 is 0 Å². The molecule has 0 N–H and O–H groups in total. The lowest BCUT2D eigenvalue weighted by Gasteiger charge is -2.37. The molecule has 2 nitrogen and oxygen atoms in total. The molecule has 0 spiro atoms. The van der Waals surface area contributed by atoms with Crippen molar-refractivity contribution in [2.75, 3.05) is 11.4 Å². The van der Waals surface area contributed by atoms with Crippen molar-refractivity contribution >= 4 is 5.69 Å². The van der Waals surface area contributed by atoms with Crippen LogP contribution in [0.3, 0.4) is 0 Å².